The molecule has 0 atom stereocenters. The van der Waals surface area contributed by atoms with Crippen LogP contribution in [0.5, 0.6) is 5.75 Å². The summed E-state index contributed by atoms with van der Waals surface area (Å²) in [6, 6.07) is 5.66. The molecule has 1 aromatic rings. The summed E-state index contributed by atoms with van der Waals surface area (Å²) in [6.45, 7) is 3.27. The highest BCUT2D eigenvalue weighted by molar-refractivity contribution is 6.30. The van der Waals surface area contributed by atoms with Gasteiger partial charge in [0.15, 0.2) is 0 Å². The number of rotatable bonds is 6. The highest BCUT2D eigenvalue weighted by atomic mass is 35.5. The quantitative estimate of drug-likeness (QED) is 0.770. The molecule has 0 aromatic heterocycles. The van der Waals surface area contributed by atoms with Crippen molar-refractivity contribution in [3.8, 4) is 5.75 Å². The smallest absolute Gasteiger partial charge is 0.227 e. The number of benzene rings is 1. The molecule has 27 heavy (non-hydrogen) atoms. The molecule has 3 rings (SSSR count). The summed E-state index contributed by atoms with van der Waals surface area (Å²) in [5.74, 6) is 0.801. The molecule has 2 heterocycles. The van der Waals surface area contributed by atoms with Crippen LogP contribution in [-0.4, -0.2) is 52.5 Å². The molecule has 150 valence electrons. The van der Waals surface area contributed by atoms with Crippen LogP contribution < -0.4 is 15.8 Å². The van der Waals surface area contributed by atoms with Crippen molar-refractivity contribution in [3.05, 3.63) is 28.8 Å². The molecule has 7 heteroatoms. The van der Waals surface area contributed by atoms with Crippen LogP contribution >= 0.6 is 11.6 Å². The largest absolute Gasteiger partial charge is 0.496 e. The third kappa shape index (κ3) is 4.24. The predicted molar refractivity (Wildman–Crippen MR) is 104 cm³/mol. The summed E-state index contributed by atoms with van der Waals surface area (Å²) in [4.78, 5) is 13.1. The molecular formula is C20H29ClN2O4. The van der Waals surface area contributed by atoms with Crippen LogP contribution in [0.15, 0.2) is 18.2 Å². The van der Waals surface area contributed by atoms with E-state index >= 15 is 0 Å². The molecule has 0 spiro atoms. The summed E-state index contributed by atoms with van der Waals surface area (Å²) in [7, 11) is 1.66. The number of ether oxygens (including phenoxy) is 3. The van der Waals surface area contributed by atoms with Gasteiger partial charge in [-0.05, 0) is 43.9 Å². The average molecular weight is 397 g/mol. The molecule has 0 unspecified atom stereocenters. The van der Waals surface area contributed by atoms with E-state index < -0.39 is 5.41 Å². The van der Waals surface area contributed by atoms with Crippen LogP contribution in [0.1, 0.15) is 31.2 Å². The maximum absolute atomic E-state index is 13.1. The number of hydrogen-bond donors (Lipinski definition) is 2. The molecule has 0 saturated carbocycles. The van der Waals surface area contributed by atoms with Crippen molar-refractivity contribution in [2.45, 2.75) is 31.1 Å². The molecule has 2 saturated heterocycles. The summed E-state index contributed by atoms with van der Waals surface area (Å²) >= 11 is 6.28. The van der Waals surface area contributed by atoms with Crippen LogP contribution in [0.4, 0.5) is 0 Å². The Labute approximate surface area is 165 Å². The van der Waals surface area contributed by atoms with E-state index in [1.54, 1.807) is 7.11 Å². The van der Waals surface area contributed by atoms with Crippen molar-refractivity contribution in [1.29, 1.82) is 0 Å². The minimum Gasteiger partial charge on any atom is -0.496 e. The van der Waals surface area contributed by atoms with E-state index in [0.717, 1.165) is 24.2 Å². The zero-order valence-corrected chi connectivity index (χ0v) is 16.6. The summed E-state index contributed by atoms with van der Waals surface area (Å²) < 4.78 is 16.6. The fourth-order valence-corrected chi connectivity index (χ4v) is 4.29. The maximum atomic E-state index is 13.1. The Morgan fingerprint density at radius 2 is 1.81 bits per heavy atom. The maximum Gasteiger partial charge on any atom is 0.227 e. The van der Waals surface area contributed by atoms with E-state index in [4.69, 9.17) is 31.5 Å². The minimum atomic E-state index is -0.539. The Hall–Kier alpha value is -1.34. The van der Waals surface area contributed by atoms with Gasteiger partial charge in [-0.2, -0.15) is 0 Å². The van der Waals surface area contributed by atoms with Crippen LogP contribution in [0.2, 0.25) is 5.02 Å². The van der Waals surface area contributed by atoms with Crippen molar-refractivity contribution >= 4 is 17.5 Å². The van der Waals surface area contributed by atoms with Crippen molar-refractivity contribution < 1.29 is 19.0 Å². The van der Waals surface area contributed by atoms with Gasteiger partial charge in [-0.15, -0.1) is 0 Å². The van der Waals surface area contributed by atoms with Crippen LogP contribution in [0.25, 0.3) is 0 Å². The highest BCUT2D eigenvalue weighted by Crippen LogP contribution is 2.41. The van der Waals surface area contributed by atoms with E-state index in [-0.39, 0.29) is 11.3 Å². The van der Waals surface area contributed by atoms with Gasteiger partial charge >= 0.3 is 0 Å². The number of nitrogens with one attached hydrogen (secondary N) is 1. The van der Waals surface area contributed by atoms with E-state index in [1.807, 2.05) is 18.2 Å². The number of carbonyl (C=O) groups is 1. The first kappa shape index (κ1) is 20.4. The lowest BCUT2D eigenvalue weighted by atomic mass is 9.73. The zero-order chi connectivity index (χ0) is 19.3. The van der Waals surface area contributed by atoms with Crippen molar-refractivity contribution in [2.24, 2.45) is 11.1 Å². The van der Waals surface area contributed by atoms with Gasteiger partial charge in [-0.3, -0.25) is 4.79 Å². The van der Waals surface area contributed by atoms with Crippen molar-refractivity contribution in [2.75, 3.05) is 46.6 Å². The first-order chi connectivity index (χ1) is 13.1. The number of hydrogen-bond acceptors (Lipinski definition) is 5. The van der Waals surface area contributed by atoms with Gasteiger partial charge in [0.1, 0.15) is 5.75 Å². The Morgan fingerprint density at radius 1 is 1.19 bits per heavy atom. The van der Waals surface area contributed by atoms with E-state index in [9.17, 15) is 4.79 Å². The van der Waals surface area contributed by atoms with Gasteiger partial charge in [0.05, 0.1) is 12.5 Å². The SMILES string of the molecule is COc1ccc(Cl)cc1C1(CNC(=O)C2(CN)CCOCC2)CCOCC1. The van der Waals surface area contributed by atoms with E-state index in [1.165, 1.54) is 0 Å². The predicted octanol–water partition coefficient (Wildman–Crippen LogP) is 2.27. The van der Waals surface area contributed by atoms with Gasteiger partial charge in [0, 0.05) is 55.5 Å². The second kappa shape index (κ2) is 8.78. The van der Waals surface area contributed by atoms with Crippen molar-refractivity contribution in [1.82, 2.24) is 5.32 Å². The first-order valence-corrected chi connectivity index (χ1v) is 9.91. The number of amides is 1. The third-order valence-corrected chi connectivity index (χ3v) is 6.33. The topological polar surface area (TPSA) is 82.8 Å². The molecule has 1 amide bonds. The van der Waals surface area contributed by atoms with Crippen LogP contribution in [0, 0.1) is 5.41 Å². The Kier molecular flexibility index (Phi) is 6.63. The fourth-order valence-electron chi connectivity index (χ4n) is 4.12. The van der Waals surface area contributed by atoms with Gasteiger partial charge in [-0.25, -0.2) is 0 Å². The van der Waals surface area contributed by atoms with Gasteiger partial charge in [0.2, 0.25) is 5.91 Å². The molecule has 0 aliphatic carbocycles. The zero-order valence-electron chi connectivity index (χ0n) is 15.9. The molecule has 6 nitrogen and oxygen atoms in total. The number of halogens is 1. The lowest BCUT2D eigenvalue weighted by Crippen LogP contribution is -2.53. The first-order valence-electron chi connectivity index (χ1n) is 9.53. The molecule has 0 bridgehead atoms. The normalized spacial score (nSPS) is 21.4. The molecule has 1 aromatic carbocycles. The molecular weight excluding hydrogens is 368 g/mol. The summed E-state index contributed by atoms with van der Waals surface area (Å²) in [5.41, 5.74) is 6.20. The van der Waals surface area contributed by atoms with Gasteiger partial charge in [0.25, 0.3) is 0 Å². The third-order valence-electron chi connectivity index (χ3n) is 6.09. The fraction of sp³-hybridized carbons (Fsp3) is 0.650. The Morgan fingerprint density at radius 3 is 2.41 bits per heavy atom. The monoisotopic (exact) mass is 396 g/mol. The molecule has 2 aliphatic heterocycles. The average Bonchev–Trinajstić information content (AvgIpc) is 2.73. The van der Waals surface area contributed by atoms with Crippen LogP contribution in [-0.2, 0) is 19.7 Å². The molecule has 2 aliphatic rings. The summed E-state index contributed by atoms with van der Waals surface area (Å²) in [5, 5.41) is 3.85. The number of carbonyl (C=O) groups excluding carboxylic acids is 1. The van der Waals surface area contributed by atoms with Gasteiger partial charge in [-0.1, -0.05) is 11.6 Å². The standard InChI is InChI=1S/C20H29ClN2O4/c1-25-17-3-2-15(21)12-16(17)20(6-10-27-11-7-20)14-23-18(24)19(13-22)4-8-26-9-5-19/h2-3,12H,4-11,13-14,22H2,1H3,(H,23,24). The lowest BCUT2D eigenvalue weighted by molar-refractivity contribution is -0.136. The molecule has 2 fully saturated rings. The van der Waals surface area contributed by atoms with Gasteiger partial charge < -0.3 is 25.3 Å². The Bertz CT molecular complexity index is 655. The molecule has 3 N–H and O–H groups in total. The number of methoxy groups -OCH3 is 1. The second-order valence-electron chi connectivity index (χ2n) is 7.52. The second-order valence-corrected chi connectivity index (χ2v) is 7.95. The van der Waals surface area contributed by atoms with Crippen molar-refractivity contribution in [3.63, 3.8) is 0 Å². The van der Waals surface area contributed by atoms with E-state index in [0.29, 0.717) is 57.4 Å². The Balaban J connectivity index is 1.83. The lowest BCUT2D eigenvalue weighted by Gasteiger charge is -2.40. The molecule has 0 radical (unpaired) electrons. The summed E-state index contributed by atoms with van der Waals surface area (Å²) in [6.07, 6.45) is 2.91. The number of nitrogens with two attached hydrogens (primary N) is 1. The minimum absolute atomic E-state index is 0.0140. The highest BCUT2D eigenvalue weighted by Gasteiger charge is 2.42. The van der Waals surface area contributed by atoms with Crippen LogP contribution in [0.3, 0.4) is 0 Å². The van der Waals surface area contributed by atoms with E-state index in [2.05, 4.69) is 5.32 Å².